The summed E-state index contributed by atoms with van der Waals surface area (Å²) in [5, 5.41) is 2.89. The molecule has 1 aromatic rings. The standard InChI is InChI=1S/C14H21N3O3/c1-2-8-16-9-7-13(19)17(14(16)20)10-12(18)15-11-5-3-4-6-11/h7,9,11H,2-6,8,10H2,1H3,(H,15,18). The monoisotopic (exact) mass is 279 g/mol. The number of hydrogen-bond acceptors (Lipinski definition) is 3. The minimum absolute atomic E-state index is 0.194. The van der Waals surface area contributed by atoms with Crippen molar-refractivity contribution in [3.63, 3.8) is 0 Å². The highest BCUT2D eigenvalue weighted by atomic mass is 16.2. The summed E-state index contributed by atoms with van der Waals surface area (Å²) in [5.74, 6) is -0.259. The van der Waals surface area contributed by atoms with Crippen molar-refractivity contribution >= 4 is 5.91 Å². The molecular formula is C14H21N3O3. The third-order valence-corrected chi connectivity index (χ3v) is 3.63. The van der Waals surface area contributed by atoms with Crippen LogP contribution in [-0.4, -0.2) is 21.1 Å². The summed E-state index contributed by atoms with van der Waals surface area (Å²) in [7, 11) is 0. The number of rotatable bonds is 5. The molecule has 0 aromatic carbocycles. The van der Waals surface area contributed by atoms with Gasteiger partial charge in [0.1, 0.15) is 6.54 Å². The fraction of sp³-hybridized carbons (Fsp3) is 0.643. The van der Waals surface area contributed by atoms with Gasteiger partial charge in [0.2, 0.25) is 5.91 Å². The van der Waals surface area contributed by atoms with Gasteiger partial charge < -0.3 is 9.88 Å². The van der Waals surface area contributed by atoms with Gasteiger partial charge in [-0.15, -0.1) is 0 Å². The molecule has 0 spiro atoms. The minimum Gasteiger partial charge on any atom is -0.352 e. The molecule has 1 N–H and O–H groups in total. The minimum atomic E-state index is -0.427. The number of aryl methyl sites for hydroxylation is 1. The molecule has 1 aliphatic rings. The zero-order valence-electron chi connectivity index (χ0n) is 11.8. The van der Waals surface area contributed by atoms with Crippen molar-refractivity contribution in [1.29, 1.82) is 0 Å². The number of carbonyl (C=O) groups is 1. The van der Waals surface area contributed by atoms with E-state index in [1.165, 1.54) is 16.8 Å². The molecule has 0 bridgehead atoms. The van der Waals surface area contributed by atoms with Crippen molar-refractivity contribution in [2.24, 2.45) is 0 Å². The van der Waals surface area contributed by atoms with Gasteiger partial charge >= 0.3 is 5.69 Å². The molecule has 20 heavy (non-hydrogen) atoms. The number of aromatic nitrogens is 2. The zero-order valence-corrected chi connectivity index (χ0v) is 11.8. The van der Waals surface area contributed by atoms with E-state index in [4.69, 9.17) is 0 Å². The Morgan fingerprint density at radius 3 is 2.70 bits per heavy atom. The van der Waals surface area contributed by atoms with Gasteiger partial charge in [0, 0.05) is 24.8 Å². The number of nitrogens with zero attached hydrogens (tertiary/aromatic N) is 2. The Kier molecular flexibility index (Phi) is 4.76. The molecule has 110 valence electrons. The summed E-state index contributed by atoms with van der Waals surface area (Å²) in [5.41, 5.74) is -0.843. The summed E-state index contributed by atoms with van der Waals surface area (Å²) < 4.78 is 2.46. The quantitative estimate of drug-likeness (QED) is 0.852. The fourth-order valence-corrected chi connectivity index (χ4v) is 2.60. The lowest BCUT2D eigenvalue weighted by atomic mass is 10.2. The van der Waals surface area contributed by atoms with Gasteiger partial charge in [0.05, 0.1) is 0 Å². The van der Waals surface area contributed by atoms with Crippen molar-refractivity contribution in [1.82, 2.24) is 14.5 Å². The predicted molar refractivity (Wildman–Crippen MR) is 75.7 cm³/mol. The van der Waals surface area contributed by atoms with Gasteiger partial charge in [-0.25, -0.2) is 4.79 Å². The number of nitrogens with one attached hydrogen (secondary N) is 1. The molecule has 6 heteroatoms. The molecule has 1 amide bonds. The summed E-state index contributed by atoms with van der Waals surface area (Å²) in [6.07, 6.45) is 6.50. The van der Waals surface area contributed by atoms with Gasteiger partial charge in [0.25, 0.3) is 5.56 Å². The van der Waals surface area contributed by atoms with Crippen LogP contribution in [0.1, 0.15) is 39.0 Å². The molecule has 6 nitrogen and oxygen atoms in total. The van der Waals surface area contributed by atoms with E-state index in [0.29, 0.717) is 6.54 Å². The van der Waals surface area contributed by atoms with Gasteiger partial charge in [-0.3, -0.25) is 14.2 Å². The normalized spacial score (nSPS) is 15.4. The number of hydrogen-bond donors (Lipinski definition) is 1. The Balaban J connectivity index is 2.11. The lowest BCUT2D eigenvalue weighted by Gasteiger charge is -2.13. The first-order valence-corrected chi connectivity index (χ1v) is 7.21. The molecule has 1 aromatic heterocycles. The second-order valence-corrected chi connectivity index (χ2v) is 5.26. The Hall–Kier alpha value is -1.85. The van der Waals surface area contributed by atoms with Crippen LogP contribution in [0.2, 0.25) is 0 Å². The van der Waals surface area contributed by atoms with E-state index >= 15 is 0 Å². The maximum Gasteiger partial charge on any atom is 0.331 e. The maximum absolute atomic E-state index is 12.1. The van der Waals surface area contributed by atoms with Crippen LogP contribution in [0.4, 0.5) is 0 Å². The topological polar surface area (TPSA) is 73.1 Å². The van der Waals surface area contributed by atoms with E-state index < -0.39 is 11.2 Å². The zero-order chi connectivity index (χ0) is 14.5. The summed E-state index contributed by atoms with van der Waals surface area (Å²) in [6, 6.07) is 1.53. The van der Waals surface area contributed by atoms with E-state index in [0.717, 1.165) is 36.7 Å². The van der Waals surface area contributed by atoms with Crippen molar-refractivity contribution in [3.05, 3.63) is 33.1 Å². The summed E-state index contributed by atoms with van der Waals surface area (Å²) in [4.78, 5) is 35.8. The van der Waals surface area contributed by atoms with Crippen molar-refractivity contribution in [2.45, 2.75) is 58.2 Å². The third-order valence-electron chi connectivity index (χ3n) is 3.63. The van der Waals surface area contributed by atoms with Crippen molar-refractivity contribution < 1.29 is 4.79 Å². The molecule has 1 heterocycles. The lowest BCUT2D eigenvalue weighted by molar-refractivity contribution is -0.122. The average molecular weight is 279 g/mol. The van der Waals surface area contributed by atoms with E-state index in [1.807, 2.05) is 6.92 Å². The third kappa shape index (κ3) is 3.37. The lowest BCUT2D eigenvalue weighted by Crippen LogP contribution is -2.44. The van der Waals surface area contributed by atoms with Gasteiger partial charge in [-0.1, -0.05) is 19.8 Å². The predicted octanol–water partition coefficient (Wildman–Crippen LogP) is 0.479. The smallest absolute Gasteiger partial charge is 0.331 e. The second kappa shape index (κ2) is 6.54. The highest BCUT2D eigenvalue weighted by Gasteiger charge is 2.18. The van der Waals surface area contributed by atoms with Crippen LogP contribution in [0.3, 0.4) is 0 Å². The van der Waals surface area contributed by atoms with Gasteiger partial charge in [-0.2, -0.15) is 0 Å². The second-order valence-electron chi connectivity index (χ2n) is 5.26. The fourth-order valence-electron chi connectivity index (χ4n) is 2.60. The SMILES string of the molecule is CCCn1ccc(=O)n(CC(=O)NC2CCCC2)c1=O. The van der Waals surface area contributed by atoms with Crippen LogP contribution in [0.25, 0.3) is 0 Å². The first-order valence-electron chi connectivity index (χ1n) is 7.21. The Labute approximate surface area is 117 Å². The van der Waals surface area contributed by atoms with Crippen LogP contribution in [-0.2, 0) is 17.9 Å². The molecule has 1 fully saturated rings. The molecule has 0 unspecified atom stereocenters. The number of carbonyl (C=O) groups excluding carboxylic acids is 1. The van der Waals surface area contributed by atoms with Crippen molar-refractivity contribution in [2.75, 3.05) is 0 Å². The highest BCUT2D eigenvalue weighted by Crippen LogP contribution is 2.17. The first kappa shape index (κ1) is 14.6. The van der Waals surface area contributed by atoms with E-state index in [1.54, 1.807) is 0 Å². The summed E-state index contributed by atoms with van der Waals surface area (Å²) >= 11 is 0. The van der Waals surface area contributed by atoms with Crippen LogP contribution in [0.5, 0.6) is 0 Å². The van der Waals surface area contributed by atoms with E-state index in [-0.39, 0.29) is 18.5 Å². The Morgan fingerprint density at radius 1 is 1.35 bits per heavy atom. The summed E-state index contributed by atoms with van der Waals surface area (Å²) in [6.45, 7) is 2.30. The van der Waals surface area contributed by atoms with Gasteiger partial charge in [0.15, 0.2) is 0 Å². The molecular weight excluding hydrogens is 258 g/mol. The highest BCUT2D eigenvalue weighted by molar-refractivity contribution is 5.76. The maximum atomic E-state index is 12.1. The Morgan fingerprint density at radius 2 is 2.05 bits per heavy atom. The van der Waals surface area contributed by atoms with E-state index in [2.05, 4.69) is 5.32 Å². The van der Waals surface area contributed by atoms with Crippen LogP contribution in [0.15, 0.2) is 21.9 Å². The van der Waals surface area contributed by atoms with Gasteiger partial charge in [-0.05, 0) is 19.3 Å². The van der Waals surface area contributed by atoms with Crippen LogP contribution in [0, 0.1) is 0 Å². The van der Waals surface area contributed by atoms with Crippen LogP contribution >= 0.6 is 0 Å². The van der Waals surface area contributed by atoms with Crippen molar-refractivity contribution in [3.8, 4) is 0 Å². The molecule has 1 aliphatic carbocycles. The molecule has 0 radical (unpaired) electrons. The van der Waals surface area contributed by atoms with Crippen LogP contribution < -0.4 is 16.6 Å². The molecule has 0 saturated heterocycles. The molecule has 0 aliphatic heterocycles. The van der Waals surface area contributed by atoms with E-state index in [9.17, 15) is 14.4 Å². The molecule has 0 atom stereocenters. The molecule has 1 saturated carbocycles. The molecule has 2 rings (SSSR count). The largest absolute Gasteiger partial charge is 0.352 e. The first-order chi connectivity index (χ1) is 9.61. The number of amides is 1. The average Bonchev–Trinajstić information content (AvgIpc) is 2.91. The Bertz CT molecular complexity index is 582.